The molecule has 6 nitrogen and oxygen atoms in total. The number of benzene rings is 2. The number of hydrogen-bond donors (Lipinski definition) is 3. The van der Waals surface area contributed by atoms with E-state index in [9.17, 15) is 22.8 Å². The van der Waals surface area contributed by atoms with Gasteiger partial charge in [-0.15, -0.1) is 0 Å². The molecule has 1 aliphatic rings. The molecule has 148 valence electrons. The van der Waals surface area contributed by atoms with Crippen LogP contribution in [0.15, 0.2) is 42.5 Å². The van der Waals surface area contributed by atoms with E-state index in [-0.39, 0.29) is 17.8 Å². The molecule has 0 bridgehead atoms. The second-order valence-electron chi connectivity index (χ2n) is 6.92. The number of hydroxylamine groups is 1. The van der Waals surface area contributed by atoms with Crippen LogP contribution in [0.1, 0.15) is 40.9 Å². The van der Waals surface area contributed by atoms with Crippen LogP contribution in [-0.2, 0) is 18.3 Å². The number of fused-ring (bicyclic) bond motifs is 1. The monoisotopic (exact) mass is 393 g/mol. The van der Waals surface area contributed by atoms with Gasteiger partial charge in [0.2, 0.25) is 0 Å². The number of halogens is 3. The van der Waals surface area contributed by atoms with Gasteiger partial charge in [0.1, 0.15) is 0 Å². The topological polar surface area (TPSA) is 81.7 Å². The summed E-state index contributed by atoms with van der Waals surface area (Å²) in [5.41, 5.74) is 1.83. The fourth-order valence-corrected chi connectivity index (χ4v) is 3.36. The van der Waals surface area contributed by atoms with Gasteiger partial charge in [0.15, 0.2) is 0 Å². The molecule has 0 saturated heterocycles. The largest absolute Gasteiger partial charge is 0.416 e. The van der Waals surface area contributed by atoms with E-state index in [1.807, 2.05) is 0 Å². The van der Waals surface area contributed by atoms with E-state index in [0.29, 0.717) is 5.56 Å². The SMILES string of the molecule is CC1(C)c2cccc(C(=O)NO)c2CN1C(=O)Nc1ccc(C(F)(F)F)cc1. The van der Waals surface area contributed by atoms with Gasteiger partial charge in [0, 0.05) is 17.8 Å². The number of nitrogens with zero attached hydrogens (tertiary/aromatic N) is 1. The Morgan fingerprint density at radius 3 is 2.32 bits per heavy atom. The summed E-state index contributed by atoms with van der Waals surface area (Å²) in [4.78, 5) is 26.1. The molecule has 0 fully saturated rings. The van der Waals surface area contributed by atoms with Crippen LogP contribution in [-0.4, -0.2) is 22.0 Å². The van der Waals surface area contributed by atoms with Crippen molar-refractivity contribution in [1.29, 1.82) is 0 Å². The molecule has 1 aliphatic heterocycles. The first-order valence-electron chi connectivity index (χ1n) is 8.38. The summed E-state index contributed by atoms with van der Waals surface area (Å²) < 4.78 is 38.0. The highest BCUT2D eigenvalue weighted by molar-refractivity contribution is 5.96. The molecule has 3 N–H and O–H groups in total. The van der Waals surface area contributed by atoms with E-state index >= 15 is 0 Å². The van der Waals surface area contributed by atoms with Crippen molar-refractivity contribution in [2.24, 2.45) is 0 Å². The molecular weight excluding hydrogens is 375 g/mol. The third-order valence-corrected chi connectivity index (χ3v) is 4.88. The van der Waals surface area contributed by atoms with Gasteiger partial charge in [-0.25, -0.2) is 10.3 Å². The summed E-state index contributed by atoms with van der Waals surface area (Å²) >= 11 is 0. The van der Waals surface area contributed by atoms with Crippen LogP contribution in [0.4, 0.5) is 23.7 Å². The van der Waals surface area contributed by atoms with Crippen LogP contribution < -0.4 is 10.8 Å². The van der Waals surface area contributed by atoms with Gasteiger partial charge in [-0.05, 0) is 55.3 Å². The van der Waals surface area contributed by atoms with Gasteiger partial charge < -0.3 is 10.2 Å². The lowest BCUT2D eigenvalue weighted by Crippen LogP contribution is -2.42. The summed E-state index contributed by atoms with van der Waals surface area (Å²) in [6.07, 6.45) is -4.45. The highest BCUT2D eigenvalue weighted by Crippen LogP contribution is 2.40. The first kappa shape index (κ1) is 19.7. The highest BCUT2D eigenvalue weighted by Gasteiger charge is 2.42. The number of amides is 3. The molecule has 1 heterocycles. The first-order chi connectivity index (χ1) is 13.1. The summed E-state index contributed by atoms with van der Waals surface area (Å²) in [6.45, 7) is 3.70. The average molecular weight is 393 g/mol. The van der Waals surface area contributed by atoms with Gasteiger partial charge in [-0.1, -0.05) is 12.1 Å². The molecule has 28 heavy (non-hydrogen) atoms. The van der Waals surface area contributed by atoms with Crippen molar-refractivity contribution in [1.82, 2.24) is 10.4 Å². The normalized spacial score (nSPS) is 15.1. The zero-order valence-electron chi connectivity index (χ0n) is 15.1. The quantitative estimate of drug-likeness (QED) is 0.531. The molecule has 0 aliphatic carbocycles. The van der Waals surface area contributed by atoms with Crippen LogP contribution in [0, 0.1) is 0 Å². The number of alkyl halides is 3. The van der Waals surface area contributed by atoms with Crippen LogP contribution in [0.3, 0.4) is 0 Å². The van der Waals surface area contributed by atoms with Crippen molar-refractivity contribution in [3.8, 4) is 0 Å². The summed E-state index contributed by atoms with van der Waals surface area (Å²) in [5.74, 6) is -0.683. The molecule has 0 spiro atoms. The Balaban J connectivity index is 1.84. The van der Waals surface area contributed by atoms with Crippen molar-refractivity contribution in [3.63, 3.8) is 0 Å². The molecule has 3 rings (SSSR count). The van der Waals surface area contributed by atoms with Gasteiger partial charge in [0.25, 0.3) is 5.91 Å². The third kappa shape index (κ3) is 3.40. The Kier molecular flexibility index (Phi) is 4.80. The van der Waals surface area contributed by atoms with E-state index in [2.05, 4.69) is 5.32 Å². The van der Waals surface area contributed by atoms with E-state index < -0.39 is 29.2 Å². The number of carbonyl (C=O) groups is 2. The lowest BCUT2D eigenvalue weighted by atomic mass is 9.91. The van der Waals surface area contributed by atoms with Gasteiger partial charge >= 0.3 is 12.2 Å². The smallest absolute Gasteiger partial charge is 0.311 e. The number of rotatable bonds is 2. The Hall–Kier alpha value is -3.07. The number of carbonyl (C=O) groups excluding carboxylic acids is 2. The Morgan fingerprint density at radius 1 is 1.11 bits per heavy atom. The van der Waals surface area contributed by atoms with E-state index in [1.165, 1.54) is 23.1 Å². The number of hydrogen-bond acceptors (Lipinski definition) is 3. The molecular formula is C19H18F3N3O3. The fourth-order valence-electron chi connectivity index (χ4n) is 3.36. The first-order valence-corrected chi connectivity index (χ1v) is 8.38. The van der Waals surface area contributed by atoms with Crippen molar-refractivity contribution in [2.75, 3.05) is 5.32 Å². The van der Waals surface area contributed by atoms with Crippen LogP contribution in [0.25, 0.3) is 0 Å². The Morgan fingerprint density at radius 2 is 1.75 bits per heavy atom. The number of nitrogens with one attached hydrogen (secondary N) is 2. The second kappa shape index (κ2) is 6.83. The second-order valence-corrected chi connectivity index (χ2v) is 6.92. The lowest BCUT2D eigenvalue weighted by Gasteiger charge is -2.32. The lowest BCUT2D eigenvalue weighted by molar-refractivity contribution is -0.137. The maximum Gasteiger partial charge on any atom is 0.416 e. The molecule has 0 atom stereocenters. The van der Waals surface area contributed by atoms with E-state index in [4.69, 9.17) is 5.21 Å². The summed E-state index contributed by atoms with van der Waals surface area (Å²) in [5, 5.41) is 11.5. The van der Waals surface area contributed by atoms with Crippen molar-refractivity contribution >= 4 is 17.6 Å². The number of anilines is 1. The molecule has 0 unspecified atom stereocenters. The molecule has 2 aromatic rings. The minimum atomic E-state index is -4.45. The molecule has 9 heteroatoms. The third-order valence-electron chi connectivity index (χ3n) is 4.88. The Labute approximate surface area is 158 Å². The minimum absolute atomic E-state index is 0.110. The maximum absolute atomic E-state index is 12.8. The maximum atomic E-state index is 12.8. The summed E-state index contributed by atoms with van der Waals surface area (Å²) in [6, 6.07) is 8.61. The zero-order chi connectivity index (χ0) is 20.7. The van der Waals surface area contributed by atoms with Gasteiger partial charge in [-0.2, -0.15) is 13.2 Å². The molecule has 2 aromatic carbocycles. The zero-order valence-corrected chi connectivity index (χ0v) is 15.1. The minimum Gasteiger partial charge on any atom is -0.311 e. The van der Waals surface area contributed by atoms with Crippen molar-refractivity contribution in [2.45, 2.75) is 32.1 Å². The van der Waals surface area contributed by atoms with Gasteiger partial charge in [0.05, 0.1) is 11.1 Å². The Bertz CT molecular complexity index is 924. The van der Waals surface area contributed by atoms with Gasteiger partial charge in [-0.3, -0.25) is 10.0 Å². The average Bonchev–Trinajstić information content (AvgIpc) is 2.92. The van der Waals surface area contributed by atoms with Crippen LogP contribution >= 0.6 is 0 Å². The van der Waals surface area contributed by atoms with E-state index in [0.717, 1.165) is 17.7 Å². The number of urea groups is 1. The van der Waals surface area contributed by atoms with Crippen molar-refractivity contribution < 1.29 is 28.0 Å². The predicted molar refractivity (Wildman–Crippen MR) is 94.7 cm³/mol. The van der Waals surface area contributed by atoms with Crippen LogP contribution in [0.2, 0.25) is 0 Å². The summed E-state index contributed by atoms with van der Waals surface area (Å²) in [7, 11) is 0. The molecule has 0 saturated carbocycles. The standard InChI is InChI=1S/C19H18F3N3O3/c1-18(2)15-5-3-4-13(16(26)24-28)14(15)10-25(18)17(27)23-12-8-6-11(7-9-12)19(20,21)22/h3-9,28H,10H2,1-2H3,(H,23,27)(H,24,26). The van der Waals surface area contributed by atoms with E-state index in [1.54, 1.807) is 31.5 Å². The molecule has 0 aromatic heterocycles. The highest BCUT2D eigenvalue weighted by atomic mass is 19.4. The molecule has 3 amide bonds. The van der Waals surface area contributed by atoms with Crippen molar-refractivity contribution in [3.05, 3.63) is 64.7 Å². The molecule has 0 radical (unpaired) electrons. The predicted octanol–water partition coefficient (Wildman–Crippen LogP) is 4.11. The van der Waals surface area contributed by atoms with Crippen LogP contribution in [0.5, 0.6) is 0 Å². The fraction of sp³-hybridized carbons (Fsp3) is 0.263.